The Labute approximate surface area is 145 Å². The number of anilines is 1. The van der Waals surface area contributed by atoms with Gasteiger partial charge in [-0.25, -0.2) is 4.98 Å². The molecule has 0 bridgehead atoms. The summed E-state index contributed by atoms with van der Waals surface area (Å²) in [6, 6.07) is 18.3. The summed E-state index contributed by atoms with van der Waals surface area (Å²) in [5.74, 6) is 0. The minimum absolute atomic E-state index is 0.598. The summed E-state index contributed by atoms with van der Waals surface area (Å²) < 4.78 is 0. The van der Waals surface area contributed by atoms with E-state index in [1.54, 1.807) is 11.3 Å². The van der Waals surface area contributed by atoms with Crippen LogP contribution in [0.3, 0.4) is 0 Å². The number of thiocarbonyl (C=S) groups is 1. The van der Waals surface area contributed by atoms with E-state index < -0.39 is 0 Å². The molecule has 0 spiro atoms. The first-order chi connectivity index (χ1) is 11.2. The smallest absolute Gasteiger partial charge is 0.171 e. The van der Waals surface area contributed by atoms with Crippen LogP contribution in [0.25, 0.3) is 10.6 Å². The Bertz CT molecular complexity index is 780. The maximum absolute atomic E-state index is 5.30. The van der Waals surface area contributed by atoms with E-state index in [9.17, 15) is 0 Å². The van der Waals surface area contributed by atoms with Crippen LogP contribution < -0.4 is 10.6 Å². The van der Waals surface area contributed by atoms with Crippen LogP contribution in [-0.2, 0) is 6.54 Å². The number of aromatic nitrogens is 1. The van der Waals surface area contributed by atoms with Crippen molar-refractivity contribution in [1.82, 2.24) is 10.3 Å². The van der Waals surface area contributed by atoms with Gasteiger partial charge in [0, 0.05) is 16.6 Å². The highest BCUT2D eigenvalue weighted by Crippen LogP contribution is 2.23. The van der Waals surface area contributed by atoms with Gasteiger partial charge in [0.25, 0.3) is 0 Å². The number of aryl methyl sites for hydroxylation is 1. The molecule has 3 nitrogen and oxygen atoms in total. The van der Waals surface area contributed by atoms with Crippen molar-refractivity contribution >= 4 is 34.4 Å². The van der Waals surface area contributed by atoms with Crippen molar-refractivity contribution in [2.24, 2.45) is 0 Å². The molecule has 0 saturated heterocycles. The number of benzene rings is 2. The summed E-state index contributed by atoms with van der Waals surface area (Å²) in [5, 5.41) is 10.0. The summed E-state index contributed by atoms with van der Waals surface area (Å²) in [6.07, 6.45) is 0. The Morgan fingerprint density at radius 2 is 1.83 bits per heavy atom. The van der Waals surface area contributed by atoms with Gasteiger partial charge in [-0.3, -0.25) is 0 Å². The number of rotatable bonds is 4. The average molecular weight is 339 g/mol. The molecule has 1 heterocycles. The predicted octanol–water partition coefficient (Wildman–Crippen LogP) is 4.61. The van der Waals surface area contributed by atoms with Gasteiger partial charge in [0.15, 0.2) is 5.11 Å². The zero-order valence-electron chi connectivity index (χ0n) is 12.7. The molecule has 0 aliphatic carbocycles. The molecule has 3 aromatic rings. The van der Waals surface area contributed by atoms with Crippen LogP contribution in [0.2, 0.25) is 0 Å². The number of hydrogen-bond acceptors (Lipinski definition) is 3. The van der Waals surface area contributed by atoms with E-state index in [0.717, 1.165) is 22.0 Å². The number of thiazole rings is 1. The fraction of sp³-hybridized carbons (Fsp3) is 0.111. The molecule has 0 saturated carbocycles. The van der Waals surface area contributed by atoms with Crippen molar-refractivity contribution in [2.75, 3.05) is 5.32 Å². The van der Waals surface area contributed by atoms with Gasteiger partial charge in [0.1, 0.15) is 5.01 Å². The van der Waals surface area contributed by atoms with Crippen LogP contribution in [0.4, 0.5) is 5.69 Å². The number of nitrogens with one attached hydrogen (secondary N) is 2. The van der Waals surface area contributed by atoms with Crippen molar-refractivity contribution in [2.45, 2.75) is 13.5 Å². The van der Waals surface area contributed by atoms with Gasteiger partial charge >= 0.3 is 0 Å². The highest BCUT2D eigenvalue weighted by atomic mass is 32.1. The summed E-state index contributed by atoms with van der Waals surface area (Å²) in [4.78, 5) is 4.66. The van der Waals surface area contributed by atoms with E-state index in [-0.39, 0.29) is 0 Å². The van der Waals surface area contributed by atoms with Crippen molar-refractivity contribution < 1.29 is 0 Å². The molecule has 116 valence electrons. The quantitative estimate of drug-likeness (QED) is 0.681. The highest BCUT2D eigenvalue weighted by molar-refractivity contribution is 7.80. The molecule has 0 aliphatic rings. The lowest BCUT2D eigenvalue weighted by Gasteiger charge is -2.09. The van der Waals surface area contributed by atoms with Gasteiger partial charge in [-0.05, 0) is 31.3 Å². The van der Waals surface area contributed by atoms with E-state index in [1.165, 1.54) is 5.56 Å². The number of hydrogen-bond donors (Lipinski definition) is 2. The molecule has 23 heavy (non-hydrogen) atoms. The molecular formula is C18H17N3S2. The summed E-state index contributed by atoms with van der Waals surface area (Å²) in [6.45, 7) is 2.70. The maximum Gasteiger partial charge on any atom is 0.171 e. The third-order valence-corrected chi connectivity index (χ3v) is 4.50. The van der Waals surface area contributed by atoms with E-state index in [2.05, 4.69) is 52.2 Å². The van der Waals surface area contributed by atoms with Gasteiger partial charge in [-0.15, -0.1) is 11.3 Å². The van der Waals surface area contributed by atoms with E-state index >= 15 is 0 Å². The molecule has 0 radical (unpaired) electrons. The molecule has 0 unspecified atom stereocenters. The number of nitrogens with zero attached hydrogens (tertiary/aromatic N) is 1. The van der Waals surface area contributed by atoms with Crippen LogP contribution >= 0.6 is 23.6 Å². The van der Waals surface area contributed by atoms with Gasteiger partial charge in [0.05, 0.1) is 12.2 Å². The van der Waals surface area contributed by atoms with Crippen LogP contribution in [0, 0.1) is 6.92 Å². The van der Waals surface area contributed by atoms with Gasteiger partial charge < -0.3 is 10.6 Å². The van der Waals surface area contributed by atoms with Crippen LogP contribution in [-0.4, -0.2) is 10.1 Å². The van der Waals surface area contributed by atoms with E-state index in [1.807, 2.05) is 30.3 Å². The monoisotopic (exact) mass is 339 g/mol. The van der Waals surface area contributed by atoms with Crippen molar-refractivity contribution in [3.63, 3.8) is 0 Å². The third kappa shape index (κ3) is 4.37. The third-order valence-electron chi connectivity index (χ3n) is 3.31. The summed E-state index contributed by atoms with van der Waals surface area (Å²) >= 11 is 6.95. The van der Waals surface area contributed by atoms with Crippen LogP contribution in [0.5, 0.6) is 0 Å². The molecule has 3 rings (SSSR count). The average Bonchev–Trinajstić information content (AvgIpc) is 3.04. The second-order valence-electron chi connectivity index (χ2n) is 5.18. The Morgan fingerprint density at radius 1 is 1.09 bits per heavy atom. The first-order valence-corrected chi connectivity index (χ1v) is 8.61. The first kappa shape index (κ1) is 15.6. The molecule has 0 atom stereocenters. The lowest BCUT2D eigenvalue weighted by atomic mass is 10.2. The Kier molecular flexibility index (Phi) is 5.00. The standard InChI is InChI=1S/C18H17N3S2/c1-13-7-9-14(10-8-13)17-20-16(12-23-17)11-19-18(22)21-15-5-3-2-4-6-15/h2-10,12H,11H2,1H3,(H2,19,21,22). The predicted molar refractivity (Wildman–Crippen MR) is 102 cm³/mol. The Balaban J connectivity index is 1.57. The normalized spacial score (nSPS) is 10.3. The van der Waals surface area contributed by atoms with Crippen molar-refractivity contribution in [1.29, 1.82) is 0 Å². The molecule has 2 aromatic carbocycles. The largest absolute Gasteiger partial charge is 0.357 e. The SMILES string of the molecule is Cc1ccc(-c2nc(CNC(=S)Nc3ccccc3)cs2)cc1. The molecule has 0 fully saturated rings. The number of para-hydroxylation sites is 1. The van der Waals surface area contributed by atoms with Crippen molar-refractivity contribution in [3.05, 3.63) is 71.2 Å². The zero-order valence-corrected chi connectivity index (χ0v) is 14.4. The fourth-order valence-electron chi connectivity index (χ4n) is 2.08. The minimum atomic E-state index is 0.598. The summed E-state index contributed by atoms with van der Waals surface area (Å²) in [5.41, 5.74) is 4.37. The molecule has 1 aromatic heterocycles. The van der Waals surface area contributed by atoms with Crippen LogP contribution in [0.1, 0.15) is 11.3 Å². The van der Waals surface area contributed by atoms with Gasteiger partial charge in [-0.2, -0.15) is 0 Å². The second kappa shape index (κ2) is 7.35. The fourth-order valence-corrected chi connectivity index (χ4v) is 3.10. The van der Waals surface area contributed by atoms with Crippen molar-refractivity contribution in [3.8, 4) is 10.6 Å². The lowest BCUT2D eigenvalue weighted by molar-refractivity contribution is 0.894. The van der Waals surface area contributed by atoms with Gasteiger partial charge in [-0.1, -0.05) is 48.0 Å². The maximum atomic E-state index is 5.30. The molecule has 5 heteroatoms. The lowest BCUT2D eigenvalue weighted by Crippen LogP contribution is -2.27. The zero-order chi connectivity index (χ0) is 16.1. The van der Waals surface area contributed by atoms with E-state index in [4.69, 9.17) is 12.2 Å². The molecule has 0 amide bonds. The molecule has 0 aliphatic heterocycles. The minimum Gasteiger partial charge on any atom is -0.357 e. The second-order valence-corrected chi connectivity index (χ2v) is 6.45. The van der Waals surface area contributed by atoms with E-state index in [0.29, 0.717) is 11.7 Å². The van der Waals surface area contributed by atoms with Crippen LogP contribution in [0.15, 0.2) is 60.0 Å². The van der Waals surface area contributed by atoms with Gasteiger partial charge in [0.2, 0.25) is 0 Å². The highest BCUT2D eigenvalue weighted by Gasteiger charge is 2.05. The topological polar surface area (TPSA) is 37.0 Å². The molecular weight excluding hydrogens is 322 g/mol. The first-order valence-electron chi connectivity index (χ1n) is 7.32. The Morgan fingerprint density at radius 3 is 2.57 bits per heavy atom. The summed E-state index contributed by atoms with van der Waals surface area (Å²) in [7, 11) is 0. The molecule has 2 N–H and O–H groups in total. The Hall–Kier alpha value is -2.24.